The number of nitrogens with one attached hydrogen (secondary N) is 1. The second-order valence-electron chi connectivity index (χ2n) is 7.28. The average molecular weight is 547 g/mol. The van der Waals surface area contributed by atoms with Gasteiger partial charge in [-0.25, -0.2) is 0 Å². The number of guanidine groups is 1. The minimum absolute atomic E-state index is 0. The number of likely N-dealkylation sites (tertiary alicyclic amines) is 1. The monoisotopic (exact) mass is 546 g/mol. The molecule has 4 rings (SSSR count). The van der Waals surface area contributed by atoms with Gasteiger partial charge in [0.2, 0.25) is 11.7 Å². The van der Waals surface area contributed by atoms with E-state index in [2.05, 4.69) is 30.2 Å². The zero-order valence-electron chi connectivity index (χ0n) is 17.1. The van der Waals surface area contributed by atoms with Gasteiger partial charge in [0.15, 0.2) is 5.96 Å². The maximum Gasteiger partial charge on any atom is 0.228 e. The number of nitrogens with zero attached hydrogens (tertiary/aromatic N) is 5. The van der Waals surface area contributed by atoms with Gasteiger partial charge in [0.05, 0.1) is 13.2 Å². The van der Waals surface area contributed by atoms with E-state index in [4.69, 9.17) is 20.9 Å². The first-order chi connectivity index (χ1) is 14.2. The van der Waals surface area contributed by atoms with Gasteiger partial charge in [-0.15, -0.1) is 24.0 Å². The van der Waals surface area contributed by atoms with Gasteiger partial charge in [-0.1, -0.05) is 16.8 Å². The molecular formula is C20H28ClIN6O2. The number of halogens is 2. The number of aromatic nitrogens is 2. The molecule has 0 amide bonds. The van der Waals surface area contributed by atoms with E-state index < -0.39 is 0 Å². The fraction of sp³-hybridized carbons (Fsp3) is 0.550. The molecule has 0 aliphatic carbocycles. The molecule has 2 saturated heterocycles. The number of benzene rings is 1. The van der Waals surface area contributed by atoms with E-state index in [-0.39, 0.29) is 24.0 Å². The van der Waals surface area contributed by atoms with E-state index in [0.29, 0.717) is 35.7 Å². The van der Waals surface area contributed by atoms with E-state index in [9.17, 15) is 0 Å². The van der Waals surface area contributed by atoms with Gasteiger partial charge < -0.3 is 19.5 Å². The second kappa shape index (κ2) is 11.3. The van der Waals surface area contributed by atoms with Crippen LogP contribution in [0.3, 0.4) is 0 Å². The minimum Gasteiger partial charge on any atom is -0.379 e. The van der Waals surface area contributed by atoms with Crippen molar-refractivity contribution >= 4 is 41.5 Å². The van der Waals surface area contributed by atoms with Crippen molar-refractivity contribution in [2.75, 3.05) is 53.0 Å². The Labute approximate surface area is 199 Å². The summed E-state index contributed by atoms with van der Waals surface area (Å²) in [7, 11) is 1.83. The molecule has 2 aliphatic rings. The molecule has 1 N–H and O–H groups in total. The first kappa shape index (κ1) is 23.2. The minimum atomic E-state index is 0. The van der Waals surface area contributed by atoms with Crippen molar-refractivity contribution in [2.45, 2.75) is 18.9 Å². The Kier molecular flexibility index (Phi) is 8.72. The van der Waals surface area contributed by atoms with E-state index in [1.54, 1.807) is 0 Å². The number of ether oxygens (including phenoxy) is 1. The predicted molar refractivity (Wildman–Crippen MR) is 128 cm³/mol. The smallest absolute Gasteiger partial charge is 0.228 e. The van der Waals surface area contributed by atoms with E-state index in [0.717, 1.165) is 57.3 Å². The zero-order chi connectivity index (χ0) is 20.1. The molecule has 8 nitrogen and oxygen atoms in total. The molecule has 1 aromatic carbocycles. The summed E-state index contributed by atoms with van der Waals surface area (Å²) >= 11 is 5.93. The molecule has 1 atom stereocenters. The molecule has 2 aromatic rings. The third kappa shape index (κ3) is 5.83. The van der Waals surface area contributed by atoms with Crippen molar-refractivity contribution in [1.82, 2.24) is 25.3 Å². The van der Waals surface area contributed by atoms with Gasteiger partial charge in [-0.2, -0.15) is 4.98 Å². The molecule has 0 spiro atoms. The van der Waals surface area contributed by atoms with Gasteiger partial charge in [0.1, 0.15) is 0 Å². The molecule has 30 heavy (non-hydrogen) atoms. The maximum absolute atomic E-state index is 5.93. The summed E-state index contributed by atoms with van der Waals surface area (Å²) in [5.74, 6) is 2.11. The Morgan fingerprint density at radius 3 is 2.73 bits per heavy atom. The molecule has 1 aromatic heterocycles. The lowest BCUT2D eigenvalue weighted by atomic mass is 10.2. The van der Waals surface area contributed by atoms with Gasteiger partial charge in [-0.3, -0.25) is 9.89 Å². The highest BCUT2D eigenvalue weighted by Crippen LogP contribution is 2.19. The third-order valence-electron chi connectivity index (χ3n) is 5.43. The van der Waals surface area contributed by atoms with Crippen molar-refractivity contribution in [2.24, 2.45) is 4.99 Å². The van der Waals surface area contributed by atoms with Gasteiger partial charge >= 0.3 is 0 Å². The summed E-state index contributed by atoms with van der Waals surface area (Å²) < 4.78 is 10.8. The van der Waals surface area contributed by atoms with Crippen LogP contribution in [0.4, 0.5) is 0 Å². The zero-order valence-corrected chi connectivity index (χ0v) is 20.2. The fourth-order valence-electron chi connectivity index (χ4n) is 3.86. The first-order valence-electron chi connectivity index (χ1n) is 10.1. The predicted octanol–water partition coefficient (Wildman–Crippen LogP) is 2.53. The quantitative estimate of drug-likeness (QED) is 0.351. The number of hydrogen-bond donors (Lipinski definition) is 1. The summed E-state index contributed by atoms with van der Waals surface area (Å²) in [5.41, 5.74) is 0.888. The largest absolute Gasteiger partial charge is 0.379 e. The molecule has 0 bridgehead atoms. The summed E-state index contributed by atoms with van der Waals surface area (Å²) in [6.45, 7) is 6.43. The molecule has 2 fully saturated rings. The van der Waals surface area contributed by atoms with Gasteiger partial charge in [-0.05, 0) is 30.7 Å². The van der Waals surface area contributed by atoms with Crippen LogP contribution in [0.25, 0.3) is 11.4 Å². The van der Waals surface area contributed by atoms with Crippen LogP contribution >= 0.6 is 35.6 Å². The van der Waals surface area contributed by atoms with Crippen molar-refractivity contribution in [1.29, 1.82) is 0 Å². The van der Waals surface area contributed by atoms with E-state index >= 15 is 0 Å². The van der Waals surface area contributed by atoms with Crippen LogP contribution in [-0.2, 0) is 11.2 Å². The van der Waals surface area contributed by atoms with Crippen molar-refractivity contribution in [3.8, 4) is 11.4 Å². The third-order valence-corrected chi connectivity index (χ3v) is 5.68. The molecule has 1 unspecified atom stereocenters. The Morgan fingerprint density at radius 2 is 2.00 bits per heavy atom. The average Bonchev–Trinajstić information content (AvgIpc) is 3.43. The number of hydrogen-bond acceptors (Lipinski definition) is 6. The Bertz CT molecular complexity index is 825. The van der Waals surface area contributed by atoms with Crippen molar-refractivity contribution in [3.05, 3.63) is 35.2 Å². The van der Waals surface area contributed by atoms with Crippen molar-refractivity contribution in [3.63, 3.8) is 0 Å². The lowest BCUT2D eigenvalue weighted by molar-refractivity contribution is 0.0195. The topological polar surface area (TPSA) is 79.0 Å². The van der Waals surface area contributed by atoms with Crippen LogP contribution < -0.4 is 5.32 Å². The summed E-state index contributed by atoms with van der Waals surface area (Å²) in [6.07, 6.45) is 1.80. The molecule has 2 aliphatic heterocycles. The summed E-state index contributed by atoms with van der Waals surface area (Å²) in [6, 6.07) is 7.98. The highest BCUT2D eigenvalue weighted by molar-refractivity contribution is 14.0. The van der Waals surface area contributed by atoms with Crippen molar-refractivity contribution < 1.29 is 9.26 Å². The lowest BCUT2D eigenvalue weighted by Crippen LogP contribution is -2.46. The number of morpholine rings is 1. The van der Waals surface area contributed by atoms with Gasteiger partial charge in [0.25, 0.3) is 0 Å². The van der Waals surface area contributed by atoms with E-state index in [1.807, 2.05) is 31.3 Å². The molecule has 3 heterocycles. The van der Waals surface area contributed by atoms with Gasteiger partial charge in [0, 0.05) is 62.8 Å². The normalized spacial score (nSPS) is 20.3. The Morgan fingerprint density at radius 1 is 1.23 bits per heavy atom. The van der Waals surface area contributed by atoms with Crippen LogP contribution in [0.5, 0.6) is 0 Å². The summed E-state index contributed by atoms with van der Waals surface area (Å²) in [4.78, 5) is 13.8. The first-order valence-corrected chi connectivity index (χ1v) is 10.5. The second-order valence-corrected chi connectivity index (χ2v) is 7.72. The lowest BCUT2D eigenvalue weighted by Gasteiger charge is -2.32. The Hall–Kier alpha value is -1.43. The van der Waals surface area contributed by atoms with Crippen LogP contribution in [0, 0.1) is 0 Å². The molecular weight excluding hydrogens is 519 g/mol. The molecule has 0 saturated carbocycles. The standard InChI is InChI=1S/C20H27ClN6O2.HI/c1-22-20(27-9-7-17(14-27)26-10-12-28-13-11-26)23-8-6-18-24-19(25-29-18)15-2-4-16(21)5-3-15;/h2-5,17H,6-14H2,1H3,(H,22,23);1H. The van der Waals surface area contributed by atoms with Crippen LogP contribution in [0.1, 0.15) is 12.3 Å². The van der Waals surface area contributed by atoms with Crippen LogP contribution in [0.15, 0.2) is 33.8 Å². The number of aliphatic imine (C=N–C) groups is 1. The molecule has 0 radical (unpaired) electrons. The van der Waals surface area contributed by atoms with Crippen LogP contribution in [-0.4, -0.2) is 84.9 Å². The molecule has 10 heteroatoms. The van der Waals surface area contributed by atoms with E-state index in [1.165, 1.54) is 0 Å². The van der Waals surface area contributed by atoms with Crippen LogP contribution in [0.2, 0.25) is 5.02 Å². The maximum atomic E-state index is 5.93. The number of rotatable bonds is 5. The summed E-state index contributed by atoms with van der Waals surface area (Å²) in [5, 5.41) is 8.17. The highest BCUT2D eigenvalue weighted by atomic mass is 127. The Balaban J connectivity index is 0.00000256. The fourth-order valence-corrected chi connectivity index (χ4v) is 3.99. The SMILES string of the molecule is CN=C(NCCc1nc(-c2ccc(Cl)cc2)no1)N1CCC(N2CCOCC2)C1.I. The molecule has 164 valence electrons. The highest BCUT2D eigenvalue weighted by Gasteiger charge is 2.30.